The summed E-state index contributed by atoms with van der Waals surface area (Å²) in [6, 6.07) is 0. The van der Waals surface area contributed by atoms with Crippen LogP contribution in [0.3, 0.4) is 0 Å². The molecule has 0 N–H and O–H groups in total. The second-order valence-corrected chi connectivity index (χ2v) is 8.09. The number of hydrogen-bond donors (Lipinski definition) is 0. The Morgan fingerprint density at radius 1 is 0.778 bits per heavy atom. The standard InChI is InChI=1S/C17H33Si/c1-6-9-12-17(13-10-7-2,14-11-8-3)15-16-18(4)5/h6-14H2,1-5H3. The second-order valence-electron chi connectivity index (χ2n) is 5.84. The zero-order chi connectivity index (χ0) is 13.9. The minimum atomic E-state index is -0.402. The van der Waals surface area contributed by atoms with Crippen molar-refractivity contribution in [2.45, 2.75) is 91.7 Å². The third-order valence-electron chi connectivity index (χ3n) is 3.60. The summed E-state index contributed by atoms with van der Waals surface area (Å²) in [7, 11) is -0.402. The first-order valence-corrected chi connectivity index (χ1v) is 10.4. The maximum Gasteiger partial charge on any atom is 0.138 e. The van der Waals surface area contributed by atoms with Crippen LogP contribution in [0.5, 0.6) is 0 Å². The predicted octanol–water partition coefficient (Wildman–Crippen LogP) is 5.84. The molecule has 0 spiro atoms. The van der Waals surface area contributed by atoms with Crippen molar-refractivity contribution >= 4 is 8.80 Å². The van der Waals surface area contributed by atoms with Gasteiger partial charge in [0.05, 0.1) is 0 Å². The minimum Gasteiger partial charge on any atom is -0.133 e. The van der Waals surface area contributed by atoms with Crippen molar-refractivity contribution in [1.82, 2.24) is 0 Å². The normalized spacial score (nSPS) is 11.4. The molecular formula is C17H33Si. The molecule has 0 aliphatic heterocycles. The topological polar surface area (TPSA) is 0 Å². The third kappa shape index (κ3) is 7.98. The molecule has 0 amide bonds. The van der Waals surface area contributed by atoms with E-state index < -0.39 is 8.80 Å². The van der Waals surface area contributed by atoms with Crippen LogP contribution < -0.4 is 0 Å². The van der Waals surface area contributed by atoms with E-state index in [0.29, 0.717) is 5.41 Å². The lowest BCUT2D eigenvalue weighted by Crippen LogP contribution is -2.20. The average molecular weight is 266 g/mol. The van der Waals surface area contributed by atoms with Gasteiger partial charge in [0, 0.05) is 5.41 Å². The Morgan fingerprint density at radius 3 is 1.44 bits per heavy atom. The van der Waals surface area contributed by atoms with Gasteiger partial charge in [0.15, 0.2) is 0 Å². The largest absolute Gasteiger partial charge is 0.138 e. The van der Waals surface area contributed by atoms with Crippen molar-refractivity contribution in [2.75, 3.05) is 0 Å². The van der Waals surface area contributed by atoms with E-state index in [1.807, 2.05) is 0 Å². The van der Waals surface area contributed by atoms with Gasteiger partial charge in [-0.15, -0.1) is 11.5 Å². The van der Waals surface area contributed by atoms with E-state index in [1.54, 1.807) is 0 Å². The molecule has 0 heterocycles. The summed E-state index contributed by atoms with van der Waals surface area (Å²) in [5.74, 6) is 3.73. The average Bonchev–Trinajstić information content (AvgIpc) is 2.37. The number of rotatable bonds is 9. The van der Waals surface area contributed by atoms with Gasteiger partial charge < -0.3 is 0 Å². The maximum absolute atomic E-state index is 3.73. The van der Waals surface area contributed by atoms with Crippen molar-refractivity contribution in [1.29, 1.82) is 0 Å². The van der Waals surface area contributed by atoms with E-state index in [1.165, 1.54) is 57.8 Å². The molecule has 0 aromatic heterocycles. The van der Waals surface area contributed by atoms with Crippen LogP contribution in [0.2, 0.25) is 13.1 Å². The molecule has 0 atom stereocenters. The molecule has 0 rings (SSSR count). The minimum absolute atomic E-state index is 0.351. The smallest absolute Gasteiger partial charge is 0.133 e. The second kappa shape index (κ2) is 10.7. The highest BCUT2D eigenvalue weighted by Crippen LogP contribution is 2.36. The zero-order valence-electron chi connectivity index (χ0n) is 13.4. The van der Waals surface area contributed by atoms with E-state index in [2.05, 4.69) is 45.3 Å². The Kier molecular flexibility index (Phi) is 10.5. The van der Waals surface area contributed by atoms with E-state index in [-0.39, 0.29) is 0 Å². The highest BCUT2D eigenvalue weighted by Gasteiger charge is 2.25. The summed E-state index contributed by atoms with van der Waals surface area (Å²) in [6.07, 6.45) is 11.9. The third-order valence-corrected chi connectivity index (χ3v) is 4.23. The van der Waals surface area contributed by atoms with Crippen LogP contribution in [-0.4, -0.2) is 8.80 Å². The number of hydrogen-bond acceptors (Lipinski definition) is 0. The SMILES string of the molecule is CCCCC(C#C[Si](C)C)(CCCC)CCCC. The first-order chi connectivity index (χ1) is 8.60. The molecule has 18 heavy (non-hydrogen) atoms. The van der Waals surface area contributed by atoms with Gasteiger partial charge in [-0.3, -0.25) is 0 Å². The Bertz CT molecular complexity index is 222. The molecule has 0 aromatic carbocycles. The van der Waals surface area contributed by atoms with Crippen LogP contribution >= 0.6 is 0 Å². The van der Waals surface area contributed by atoms with E-state index in [4.69, 9.17) is 0 Å². The molecule has 105 valence electrons. The van der Waals surface area contributed by atoms with Gasteiger partial charge in [0.25, 0.3) is 0 Å². The highest BCUT2D eigenvalue weighted by atomic mass is 28.3. The van der Waals surface area contributed by atoms with E-state index >= 15 is 0 Å². The lowest BCUT2D eigenvalue weighted by molar-refractivity contribution is 0.287. The summed E-state index contributed by atoms with van der Waals surface area (Å²) >= 11 is 0. The fraction of sp³-hybridized carbons (Fsp3) is 0.882. The summed E-state index contributed by atoms with van der Waals surface area (Å²) in [5.41, 5.74) is 3.92. The van der Waals surface area contributed by atoms with Crippen molar-refractivity contribution in [3.8, 4) is 11.5 Å². The van der Waals surface area contributed by atoms with Crippen LogP contribution in [0.4, 0.5) is 0 Å². The van der Waals surface area contributed by atoms with Gasteiger partial charge in [-0.25, -0.2) is 0 Å². The van der Waals surface area contributed by atoms with Crippen LogP contribution in [-0.2, 0) is 0 Å². The Labute approximate surface area is 118 Å². The summed E-state index contributed by atoms with van der Waals surface area (Å²) in [5, 5.41) is 0. The molecule has 1 radical (unpaired) electrons. The molecule has 0 unspecified atom stereocenters. The number of unbranched alkanes of at least 4 members (excludes halogenated alkanes) is 3. The molecule has 0 bridgehead atoms. The lowest BCUT2D eigenvalue weighted by atomic mass is 9.75. The molecule has 0 aliphatic rings. The summed E-state index contributed by atoms with van der Waals surface area (Å²) in [6.45, 7) is 11.5. The van der Waals surface area contributed by atoms with Gasteiger partial charge >= 0.3 is 0 Å². The van der Waals surface area contributed by atoms with Gasteiger partial charge in [0.1, 0.15) is 8.80 Å². The zero-order valence-corrected chi connectivity index (χ0v) is 14.4. The van der Waals surface area contributed by atoms with Gasteiger partial charge in [-0.2, -0.15) is 0 Å². The molecule has 0 saturated heterocycles. The van der Waals surface area contributed by atoms with E-state index in [0.717, 1.165) is 0 Å². The maximum atomic E-state index is 3.73. The van der Waals surface area contributed by atoms with Crippen LogP contribution in [0, 0.1) is 16.9 Å². The molecule has 0 nitrogen and oxygen atoms in total. The monoisotopic (exact) mass is 265 g/mol. The Balaban J connectivity index is 4.80. The Morgan fingerprint density at radius 2 is 1.17 bits per heavy atom. The molecular weight excluding hydrogens is 232 g/mol. The van der Waals surface area contributed by atoms with Gasteiger partial charge in [-0.05, 0) is 19.3 Å². The summed E-state index contributed by atoms with van der Waals surface area (Å²) in [4.78, 5) is 0. The molecule has 1 heteroatoms. The Hall–Kier alpha value is -0.223. The predicted molar refractivity (Wildman–Crippen MR) is 86.3 cm³/mol. The highest BCUT2D eigenvalue weighted by molar-refractivity contribution is 6.64. The molecule has 0 fully saturated rings. The first-order valence-electron chi connectivity index (χ1n) is 7.93. The first kappa shape index (κ1) is 17.8. The van der Waals surface area contributed by atoms with Crippen molar-refractivity contribution < 1.29 is 0 Å². The van der Waals surface area contributed by atoms with Crippen molar-refractivity contribution in [3.05, 3.63) is 0 Å². The summed E-state index contributed by atoms with van der Waals surface area (Å²) < 4.78 is 0. The van der Waals surface area contributed by atoms with Crippen molar-refractivity contribution in [2.24, 2.45) is 5.41 Å². The van der Waals surface area contributed by atoms with Crippen LogP contribution in [0.1, 0.15) is 78.6 Å². The van der Waals surface area contributed by atoms with E-state index in [9.17, 15) is 0 Å². The van der Waals surface area contributed by atoms with Gasteiger partial charge in [-0.1, -0.05) is 72.4 Å². The molecule has 0 aromatic rings. The quantitative estimate of drug-likeness (QED) is 0.363. The fourth-order valence-electron chi connectivity index (χ4n) is 2.37. The van der Waals surface area contributed by atoms with Gasteiger partial charge in [0.2, 0.25) is 0 Å². The van der Waals surface area contributed by atoms with Crippen LogP contribution in [0.15, 0.2) is 0 Å². The lowest BCUT2D eigenvalue weighted by Gasteiger charge is -2.29. The molecule has 0 saturated carbocycles. The fourth-order valence-corrected chi connectivity index (χ4v) is 2.88. The van der Waals surface area contributed by atoms with Crippen LogP contribution in [0.25, 0.3) is 0 Å². The van der Waals surface area contributed by atoms with Crippen molar-refractivity contribution in [3.63, 3.8) is 0 Å². The molecule has 0 aliphatic carbocycles.